The van der Waals surface area contributed by atoms with E-state index >= 15 is 0 Å². The van der Waals surface area contributed by atoms with Gasteiger partial charge < -0.3 is 10.6 Å². The lowest BCUT2D eigenvalue weighted by Crippen LogP contribution is -2.38. The summed E-state index contributed by atoms with van der Waals surface area (Å²) in [4.78, 5) is 2.35. The molecule has 0 saturated carbocycles. The molecule has 0 spiro atoms. The molecule has 1 aromatic rings. The van der Waals surface area contributed by atoms with E-state index in [1.807, 2.05) is 0 Å². The smallest absolute Gasteiger partial charge is 0.0424 e. The molecule has 0 radical (unpaired) electrons. The molecular formula is C17H30N2. The summed E-state index contributed by atoms with van der Waals surface area (Å²) >= 11 is 0. The third-order valence-corrected chi connectivity index (χ3v) is 4.18. The molecule has 2 heteroatoms. The molecule has 0 aliphatic carbocycles. The van der Waals surface area contributed by atoms with E-state index in [0.29, 0.717) is 17.9 Å². The molecule has 0 aliphatic heterocycles. The van der Waals surface area contributed by atoms with Crippen molar-refractivity contribution >= 4 is 0 Å². The largest absolute Gasteiger partial charge is 0.323 e. The SMILES string of the molecule is CC(C)c1ccc(C(N)CN(C)C(C)C(C)C)cc1. The lowest BCUT2D eigenvalue weighted by Gasteiger charge is -2.30. The minimum atomic E-state index is 0.0902. The second kappa shape index (κ2) is 7.06. The first-order valence-corrected chi connectivity index (χ1v) is 7.38. The topological polar surface area (TPSA) is 29.3 Å². The molecule has 1 rings (SSSR count). The van der Waals surface area contributed by atoms with Gasteiger partial charge in [0.25, 0.3) is 0 Å². The van der Waals surface area contributed by atoms with Crippen LogP contribution in [0.2, 0.25) is 0 Å². The first-order valence-electron chi connectivity index (χ1n) is 7.38. The Hall–Kier alpha value is -0.860. The number of benzene rings is 1. The highest BCUT2D eigenvalue weighted by Gasteiger charge is 2.16. The Balaban J connectivity index is 2.65. The first-order chi connectivity index (χ1) is 8.82. The maximum absolute atomic E-state index is 6.32. The fourth-order valence-corrected chi connectivity index (χ4v) is 2.22. The molecule has 0 amide bonds. The Morgan fingerprint density at radius 1 is 0.947 bits per heavy atom. The van der Waals surface area contributed by atoms with E-state index < -0.39 is 0 Å². The summed E-state index contributed by atoms with van der Waals surface area (Å²) in [6.45, 7) is 12.1. The van der Waals surface area contributed by atoms with Crippen LogP contribution in [0, 0.1) is 5.92 Å². The monoisotopic (exact) mass is 262 g/mol. The number of rotatable bonds is 6. The molecule has 108 valence electrons. The molecule has 0 fully saturated rings. The van der Waals surface area contributed by atoms with Crippen molar-refractivity contribution in [2.75, 3.05) is 13.6 Å². The van der Waals surface area contributed by atoms with Crippen molar-refractivity contribution in [2.24, 2.45) is 11.7 Å². The van der Waals surface area contributed by atoms with Crippen LogP contribution in [0.15, 0.2) is 24.3 Å². The van der Waals surface area contributed by atoms with Gasteiger partial charge in [-0.3, -0.25) is 0 Å². The molecule has 0 aromatic heterocycles. The molecule has 0 saturated heterocycles. The minimum Gasteiger partial charge on any atom is -0.323 e. The Morgan fingerprint density at radius 2 is 1.42 bits per heavy atom. The van der Waals surface area contributed by atoms with Gasteiger partial charge in [-0.05, 0) is 36.9 Å². The van der Waals surface area contributed by atoms with E-state index in [9.17, 15) is 0 Å². The van der Waals surface area contributed by atoms with Gasteiger partial charge in [0.1, 0.15) is 0 Å². The summed E-state index contributed by atoms with van der Waals surface area (Å²) < 4.78 is 0. The van der Waals surface area contributed by atoms with E-state index in [2.05, 4.69) is 70.8 Å². The zero-order valence-electron chi connectivity index (χ0n) is 13.4. The number of nitrogens with zero attached hydrogens (tertiary/aromatic N) is 1. The second-order valence-corrected chi connectivity index (χ2v) is 6.35. The van der Waals surface area contributed by atoms with Gasteiger partial charge in [0, 0.05) is 18.6 Å². The van der Waals surface area contributed by atoms with Crippen LogP contribution in [0.5, 0.6) is 0 Å². The summed E-state index contributed by atoms with van der Waals surface area (Å²) in [5, 5.41) is 0. The van der Waals surface area contributed by atoms with Crippen molar-refractivity contribution in [3.63, 3.8) is 0 Å². The summed E-state index contributed by atoms with van der Waals surface area (Å²) in [6, 6.07) is 9.40. The molecule has 19 heavy (non-hydrogen) atoms. The first kappa shape index (κ1) is 16.2. The standard InChI is InChI=1S/C17H30N2/c1-12(2)14(5)19(6)11-17(18)16-9-7-15(8-10-16)13(3)4/h7-10,12-14,17H,11,18H2,1-6H3. The van der Waals surface area contributed by atoms with Gasteiger partial charge >= 0.3 is 0 Å². The summed E-state index contributed by atoms with van der Waals surface area (Å²) in [5.41, 5.74) is 8.92. The number of nitrogens with two attached hydrogens (primary N) is 1. The Bertz CT molecular complexity index is 367. The van der Waals surface area contributed by atoms with Gasteiger partial charge in [-0.25, -0.2) is 0 Å². The van der Waals surface area contributed by atoms with Gasteiger partial charge in [-0.15, -0.1) is 0 Å². The van der Waals surface area contributed by atoms with Crippen LogP contribution in [-0.2, 0) is 0 Å². The number of hydrogen-bond acceptors (Lipinski definition) is 2. The van der Waals surface area contributed by atoms with E-state index in [1.54, 1.807) is 0 Å². The Morgan fingerprint density at radius 3 is 1.84 bits per heavy atom. The van der Waals surface area contributed by atoms with E-state index in [-0.39, 0.29) is 6.04 Å². The van der Waals surface area contributed by atoms with Crippen molar-refractivity contribution in [3.05, 3.63) is 35.4 Å². The lowest BCUT2D eigenvalue weighted by atomic mass is 9.98. The maximum atomic E-state index is 6.32. The van der Waals surface area contributed by atoms with Gasteiger partial charge in [-0.2, -0.15) is 0 Å². The van der Waals surface area contributed by atoms with Gasteiger partial charge in [0.2, 0.25) is 0 Å². The number of likely N-dealkylation sites (N-methyl/N-ethyl adjacent to an activating group) is 1. The summed E-state index contributed by atoms with van der Waals surface area (Å²) in [7, 11) is 2.16. The van der Waals surface area contributed by atoms with Crippen molar-refractivity contribution in [3.8, 4) is 0 Å². The van der Waals surface area contributed by atoms with Gasteiger partial charge in [0.15, 0.2) is 0 Å². The molecule has 1 aromatic carbocycles. The second-order valence-electron chi connectivity index (χ2n) is 6.35. The molecular weight excluding hydrogens is 232 g/mol. The van der Waals surface area contributed by atoms with E-state index in [0.717, 1.165) is 6.54 Å². The van der Waals surface area contributed by atoms with Gasteiger partial charge in [-0.1, -0.05) is 52.0 Å². The average molecular weight is 262 g/mol. The molecule has 2 unspecified atom stereocenters. The zero-order valence-corrected chi connectivity index (χ0v) is 13.4. The van der Waals surface area contributed by atoms with Crippen LogP contribution in [-0.4, -0.2) is 24.5 Å². The molecule has 2 N–H and O–H groups in total. The predicted octanol–water partition coefficient (Wildman–Crippen LogP) is 3.79. The van der Waals surface area contributed by atoms with Crippen LogP contribution < -0.4 is 5.73 Å². The number of hydrogen-bond donors (Lipinski definition) is 1. The van der Waals surface area contributed by atoms with Crippen molar-refractivity contribution in [2.45, 2.75) is 52.6 Å². The van der Waals surface area contributed by atoms with Crippen LogP contribution in [0.4, 0.5) is 0 Å². The fraction of sp³-hybridized carbons (Fsp3) is 0.647. The van der Waals surface area contributed by atoms with Crippen molar-refractivity contribution in [1.29, 1.82) is 0 Å². The highest BCUT2D eigenvalue weighted by Crippen LogP contribution is 2.19. The summed E-state index contributed by atoms with van der Waals surface area (Å²) in [6.07, 6.45) is 0. The normalized spacial score (nSPS) is 15.3. The highest BCUT2D eigenvalue weighted by atomic mass is 15.1. The third kappa shape index (κ3) is 4.63. The van der Waals surface area contributed by atoms with Crippen molar-refractivity contribution < 1.29 is 0 Å². The fourth-order valence-electron chi connectivity index (χ4n) is 2.22. The van der Waals surface area contributed by atoms with Gasteiger partial charge in [0.05, 0.1) is 0 Å². The van der Waals surface area contributed by atoms with Crippen LogP contribution in [0.1, 0.15) is 57.7 Å². The Kier molecular flexibility index (Phi) is 6.02. The molecule has 0 aliphatic rings. The quantitative estimate of drug-likeness (QED) is 0.845. The molecule has 2 nitrogen and oxygen atoms in total. The van der Waals surface area contributed by atoms with E-state index in [1.165, 1.54) is 11.1 Å². The van der Waals surface area contributed by atoms with Crippen molar-refractivity contribution in [1.82, 2.24) is 4.90 Å². The third-order valence-electron chi connectivity index (χ3n) is 4.18. The lowest BCUT2D eigenvalue weighted by molar-refractivity contribution is 0.197. The highest BCUT2D eigenvalue weighted by molar-refractivity contribution is 5.26. The maximum Gasteiger partial charge on any atom is 0.0424 e. The predicted molar refractivity (Wildman–Crippen MR) is 84.4 cm³/mol. The van der Waals surface area contributed by atoms with Crippen LogP contribution in [0.25, 0.3) is 0 Å². The molecule has 0 heterocycles. The van der Waals surface area contributed by atoms with Crippen LogP contribution >= 0.6 is 0 Å². The summed E-state index contributed by atoms with van der Waals surface area (Å²) in [5.74, 6) is 1.23. The Labute approximate surface area is 119 Å². The minimum absolute atomic E-state index is 0.0902. The average Bonchev–Trinajstić information content (AvgIpc) is 2.37. The van der Waals surface area contributed by atoms with Crippen LogP contribution in [0.3, 0.4) is 0 Å². The van der Waals surface area contributed by atoms with E-state index in [4.69, 9.17) is 5.73 Å². The molecule has 2 atom stereocenters. The zero-order chi connectivity index (χ0) is 14.6. The molecule has 0 bridgehead atoms.